The van der Waals surface area contributed by atoms with Crippen LogP contribution in [0, 0.1) is 0 Å². The maximum absolute atomic E-state index is 5.80. The summed E-state index contributed by atoms with van der Waals surface area (Å²) in [4.78, 5) is 2.28. The molecule has 1 saturated heterocycles. The minimum Gasteiger partial charge on any atom is -0.383 e. The highest BCUT2D eigenvalue weighted by Crippen LogP contribution is 2.02. The highest BCUT2D eigenvalue weighted by atomic mass is 35.5. The number of nitrogens with one attached hydrogen (secondary N) is 1. The van der Waals surface area contributed by atoms with Crippen molar-refractivity contribution in [1.29, 1.82) is 0 Å². The van der Waals surface area contributed by atoms with Gasteiger partial charge in [0.15, 0.2) is 0 Å². The smallest absolute Gasteiger partial charge is 0.0826 e. The Kier molecular flexibility index (Phi) is 6.52. The van der Waals surface area contributed by atoms with Crippen LogP contribution in [-0.4, -0.2) is 69.9 Å². The van der Waals surface area contributed by atoms with Gasteiger partial charge in [0.25, 0.3) is 0 Å². The van der Waals surface area contributed by atoms with Crippen molar-refractivity contribution in [3.8, 4) is 0 Å². The molecule has 15 heavy (non-hydrogen) atoms. The number of likely N-dealkylation sites (N-methyl/N-ethyl adjacent to an activating group) is 1. The quantitative estimate of drug-likeness (QED) is 0.667. The maximum Gasteiger partial charge on any atom is 0.0826 e. The van der Waals surface area contributed by atoms with E-state index in [0.717, 1.165) is 26.2 Å². The molecule has 1 fully saturated rings. The van der Waals surface area contributed by atoms with Crippen molar-refractivity contribution in [2.75, 3.05) is 52.9 Å². The lowest BCUT2D eigenvalue weighted by atomic mass is 10.2. The molecule has 0 radical (unpaired) electrons. The van der Waals surface area contributed by atoms with E-state index in [-0.39, 0.29) is 12.1 Å². The van der Waals surface area contributed by atoms with Crippen LogP contribution >= 0.6 is 11.6 Å². The van der Waals surface area contributed by atoms with Gasteiger partial charge in [-0.15, -0.1) is 11.6 Å². The van der Waals surface area contributed by atoms with E-state index in [2.05, 4.69) is 17.3 Å². The van der Waals surface area contributed by atoms with Crippen LogP contribution in [0.4, 0.5) is 0 Å². The van der Waals surface area contributed by atoms with Gasteiger partial charge in [-0.3, -0.25) is 0 Å². The Morgan fingerprint density at radius 2 is 2.47 bits per heavy atom. The molecule has 0 aromatic rings. The van der Waals surface area contributed by atoms with Crippen LogP contribution in [-0.2, 0) is 9.47 Å². The topological polar surface area (TPSA) is 33.7 Å². The summed E-state index contributed by atoms with van der Waals surface area (Å²) in [6.07, 6.45) is 0.270. The van der Waals surface area contributed by atoms with Crippen LogP contribution < -0.4 is 5.32 Å². The van der Waals surface area contributed by atoms with Gasteiger partial charge in [0.2, 0.25) is 0 Å². The second-order valence-electron chi connectivity index (χ2n) is 3.97. The molecular formula is C10H21ClN2O2. The summed E-state index contributed by atoms with van der Waals surface area (Å²) in [5.41, 5.74) is 0. The van der Waals surface area contributed by atoms with Gasteiger partial charge in [-0.05, 0) is 7.05 Å². The highest BCUT2D eigenvalue weighted by molar-refractivity contribution is 6.18. The molecule has 0 aromatic heterocycles. The van der Waals surface area contributed by atoms with Crippen LogP contribution in [0.25, 0.3) is 0 Å². The largest absolute Gasteiger partial charge is 0.383 e. The zero-order valence-corrected chi connectivity index (χ0v) is 10.3. The predicted molar refractivity (Wildman–Crippen MR) is 61.6 cm³/mol. The molecule has 90 valence electrons. The molecule has 0 saturated carbocycles. The molecule has 0 bridgehead atoms. The number of rotatable bonds is 6. The predicted octanol–water partition coefficient (Wildman–Crippen LogP) is 0.160. The van der Waals surface area contributed by atoms with Crippen LogP contribution in [0.15, 0.2) is 0 Å². The summed E-state index contributed by atoms with van der Waals surface area (Å²) in [6, 6.07) is 0.215. The van der Waals surface area contributed by atoms with Crippen molar-refractivity contribution in [2.24, 2.45) is 0 Å². The Bertz CT molecular complexity index is 172. The lowest BCUT2D eigenvalue weighted by Gasteiger charge is -2.31. The lowest BCUT2D eigenvalue weighted by molar-refractivity contribution is -0.0199. The number of morpholine rings is 1. The zero-order chi connectivity index (χ0) is 11.1. The summed E-state index contributed by atoms with van der Waals surface area (Å²) in [5.74, 6) is 0.566. The Labute approximate surface area is 96.9 Å². The highest BCUT2D eigenvalue weighted by Gasteiger charge is 2.18. The molecule has 5 heteroatoms. The fourth-order valence-electron chi connectivity index (χ4n) is 1.65. The first-order valence-corrected chi connectivity index (χ1v) is 5.88. The summed E-state index contributed by atoms with van der Waals surface area (Å²) in [7, 11) is 3.80. The van der Waals surface area contributed by atoms with Gasteiger partial charge >= 0.3 is 0 Å². The monoisotopic (exact) mass is 236 g/mol. The summed E-state index contributed by atoms with van der Waals surface area (Å²) < 4.78 is 10.7. The molecule has 1 heterocycles. The molecule has 1 rings (SSSR count). The van der Waals surface area contributed by atoms with Gasteiger partial charge in [0, 0.05) is 38.7 Å². The molecule has 0 aliphatic carbocycles. The number of halogens is 1. The van der Waals surface area contributed by atoms with Gasteiger partial charge in [-0.1, -0.05) is 0 Å². The SMILES string of the molecule is COCC(CCl)NCC1CN(C)CCO1. The van der Waals surface area contributed by atoms with Gasteiger partial charge in [-0.25, -0.2) is 0 Å². The Balaban J connectivity index is 2.16. The first-order valence-electron chi connectivity index (χ1n) is 5.34. The van der Waals surface area contributed by atoms with Crippen LogP contribution in [0.1, 0.15) is 0 Å². The van der Waals surface area contributed by atoms with Crippen molar-refractivity contribution >= 4 is 11.6 Å². The average molecular weight is 237 g/mol. The Morgan fingerprint density at radius 3 is 3.07 bits per heavy atom. The molecule has 2 atom stereocenters. The minimum absolute atomic E-state index is 0.215. The van der Waals surface area contributed by atoms with E-state index in [1.165, 1.54) is 0 Å². The van der Waals surface area contributed by atoms with Crippen molar-refractivity contribution in [2.45, 2.75) is 12.1 Å². The van der Waals surface area contributed by atoms with E-state index in [1.54, 1.807) is 7.11 Å². The number of hydrogen-bond donors (Lipinski definition) is 1. The second kappa shape index (κ2) is 7.41. The third kappa shape index (κ3) is 5.13. The van der Waals surface area contributed by atoms with Gasteiger partial charge in [0.05, 0.1) is 19.3 Å². The van der Waals surface area contributed by atoms with E-state index in [4.69, 9.17) is 21.1 Å². The van der Waals surface area contributed by atoms with Crippen molar-refractivity contribution in [1.82, 2.24) is 10.2 Å². The molecule has 1 N–H and O–H groups in total. The third-order valence-corrected chi connectivity index (χ3v) is 2.90. The fourth-order valence-corrected chi connectivity index (χ4v) is 1.85. The lowest BCUT2D eigenvalue weighted by Crippen LogP contribution is -2.48. The molecule has 0 amide bonds. The molecule has 1 aliphatic rings. The second-order valence-corrected chi connectivity index (χ2v) is 4.28. The number of alkyl halides is 1. The molecule has 0 spiro atoms. The Hall–Kier alpha value is 0.130. The van der Waals surface area contributed by atoms with E-state index in [1.807, 2.05) is 0 Å². The molecule has 1 aliphatic heterocycles. The van der Waals surface area contributed by atoms with Gasteiger partial charge in [-0.2, -0.15) is 0 Å². The number of nitrogens with zero attached hydrogens (tertiary/aromatic N) is 1. The summed E-state index contributed by atoms with van der Waals surface area (Å²) in [5, 5.41) is 3.35. The summed E-state index contributed by atoms with van der Waals surface area (Å²) in [6.45, 7) is 4.30. The van der Waals surface area contributed by atoms with Gasteiger partial charge < -0.3 is 19.7 Å². The van der Waals surface area contributed by atoms with E-state index in [0.29, 0.717) is 12.5 Å². The molecular weight excluding hydrogens is 216 g/mol. The number of ether oxygens (including phenoxy) is 2. The van der Waals surface area contributed by atoms with E-state index >= 15 is 0 Å². The van der Waals surface area contributed by atoms with E-state index in [9.17, 15) is 0 Å². The Morgan fingerprint density at radius 1 is 1.67 bits per heavy atom. The average Bonchev–Trinajstić information content (AvgIpc) is 2.24. The zero-order valence-electron chi connectivity index (χ0n) is 9.54. The maximum atomic E-state index is 5.80. The first kappa shape index (κ1) is 13.2. The molecule has 4 nitrogen and oxygen atoms in total. The van der Waals surface area contributed by atoms with Crippen molar-refractivity contribution in [3.63, 3.8) is 0 Å². The minimum atomic E-state index is 0.215. The van der Waals surface area contributed by atoms with Crippen molar-refractivity contribution < 1.29 is 9.47 Å². The summed E-state index contributed by atoms with van der Waals surface area (Å²) >= 11 is 5.80. The first-order chi connectivity index (χ1) is 7.26. The molecule has 0 aromatic carbocycles. The fraction of sp³-hybridized carbons (Fsp3) is 1.00. The van der Waals surface area contributed by atoms with Gasteiger partial charge in [0.1, 0.15) is 0 Å². The number of methoxy groups -OCH3 is 1. The number of hydrogen-bond acceptors (Lipinski definition) is 4. The standard InChI is InChI=1S/C10H21ClN2O2/c1-13-3-4-15-10(7-13)6-12-9(5-11)8-14-2/h9-10,12H,3-8H2,1-2H3. The van der Waals surface area contributed by atoms with Crippen LogP contribution in [0.3, 0.4) is 0 Å². The van der Waals surface area contributed by atoms with Crippen LogP contribution in [0.5, 0.6) is 0 Å². The molecule has 2 unspecified atom stereocenters. The normalized spacial score (nSPS) is 25.4. The van der Waals surface area contributed by atoms with Crippen molar-refractivity contribution in [3.05, 3.63) is 0 Å². The van der Waals surface area contributed by atoms with Crippen LogP contribution in [0.2, 0.25) is 0 Å². The third-order valence-electron chi connectivity index (χ3n) is 2.53. The van der Waals surface area contributed by atoms with E-state index < -0.39 is 0 Å².